The molecule has 0 spiro atoms. The molecule has 0 aliphatic rings. The number of nitrogens with two attached hydrogens (primary N) is 1. The van der Waals surface area contributed by atoms with Gasteiger partial charge in [-0.25, -0.2) is 9.18 Å². The van der Waals surface area contributed by atoms with Crippen LogP contribution >= 0.6 is 15.9 Å². The summed E-state index contributed by atoms with van der Waals surface area (Å²) in [5.41, 5.74) is 7.58. The molecule has 2 aromatic carbocycles. The quantitative estimate of drug-likeness (QED) is 0.683. The van der Waals surface area contributed by atoms with E-state index in [1.807, 2.05) is 31.2 Å². The van der Waals surface area contributed by atoms with E-state index in [1.54, 1.807) is 0 Å². The van der Waals surface area contributed by atoms with Gasteiger partial charge in [0.2, 0.25) is 0 Å². The van der Waals surface area contributed by atoms with Crippen molar-refractivity contribution in [3.8, 4) is 0 Å². The Kier molecular flexibility index (Phi) is 4.39. The van der Waals surface area contributed by atoms with Crippen LogP contribution in [0.25, 0.3) is 0 Å². The van der Waals surface area contributed by atoms with Crippen molar-refractivity contribution in [2.24, 2.45) is 0 Å². The number of anilines is 1. The summed E-state index contributed by atoms with van der Waals surface area (Å²) in [5.74, 6) is -1.13. The molecule has 2 aromatic rings. The number of benzene rings is 2. The topological polar surface area (TPSA) is 52.3 Å². The maximum absolute atomic E-state index is 13.2. The molecule has 0 saturated heterocycles. The highest BCUT2D eigenvalue weighted by atomic mass is 79.9. The van der Waals surface area contributed by atoms with Gasteiger partial charge in [-0.2, -0.15) is 0 Å². The van der Waals surface area contributed by atoms with Crippen LogP contribution < -0.4 is 5.73 Å². The fourth-order valence-corrected chi connectivity index (χ4v) is 2.11. The summed E-state index contributed by atoms with van der Waals surface area (Å²) in [6.07, 6.45) is 0. The molecule has 0 amide bonds. The van der Waals surface area contributed by atoms with Crippen LogP contribution in [0.1, 0.15) is 21.5 Å². The van der Waals surface area contributed by atoms with Crippen molar-refractivity contribution in [3.05, 3.63) is 63.4 Å². The average Bonchev–Trinajstić information content (AvgIpc) is 2.42. The second-order valence-corrected chi connectivity index (χ2v) is 5.27. The van der Waals surface area contributed by atoms with E-state index in [-0.39, 0.29) is 17.9 Å². The van der Waals surface area contributed by atoms with Gasteiger partial charge in [-0.3, -0.25) is 0 Å². The molecule has 0 aromatic heterocycles. The number of halogens is 2. The van der Waals surface area contributed by atoms with Crippen LogP contribution in [-0.2, 0) is 11.3 Å². The van der Waals surface area contributed by atoms with Crippen LogP contribution in [-0.4, -0.2) is 5.97 Å². The third kappa shape index (κ3) is 3.36. The van der Waals surface area contributed by atoms with Crippen molar-refractivity contribution >= 4 is 27.6 Å². The highest BCUT2D eigenvalue weighted by Crippen LogP contribution is 2.23. The molecule has 0 fully saturated rings. The van der Waals surface area contributed by atoms with E-state index in [2.05, 4.69) is 15.9 Å². The summed E-state index contributed by atoms with van der Waals surface area (Å²) >= 11 is 3.12. The fraction of sp³-hybridized carbons (Fsp3) is 0.133. The van der Waals surface area contributed by atoms with E-state index < -0.39 is 11.8 Å². The number of hydrogen-bond acceptors (Lipinski definition) is 3. The lowest BCUT2D eigenvalue weighted by Crippen LogP contribution is -2.07. The first-order valence-corrected chi connectivity index (χ1v) is 6.74. The molecule has 5 heteroatoms. The zero-order chi connectivity index (χ0) is 14.7. The van der Waals surface area contributed by atoms with Crippen LogP contribution in [0.4, 0.5) is 10.1 Å². The summed E-state index contributed by atoms with van der Waals surface area (Å²) in [7, 11) is 0. The van der Waals surface area contributed by atoms with E-state index >= 15 is 0 Å². The molecule has 0 aliphatic carbocycles. The number of nitrogen functional groups attached to an aromatic ring is 1. The average molecular weight is 338 g/mol. The largest absolute Gasteiger partial charge is 0.457 e. The lowest BCUT2D eigenvalue weighted by atomic mass is 10.1. The Labute approximate surface area is 124 Å². The lowest BCUT2D eigenvalue weighted by molar-refractivity contribution is 0.0471. The van der Waals surface area contributed by atoms with Gasteiger partial charge < -0.3 is 10.5 Å². The normalized spacial score (nSPS) is 10.3. The minimum absolute atomic E-state index is 0.0875. The second kappa shape index (κ2) is 6.05. The molecule has 0 heterocycles. The third-order valence-electron chi connectivity index (χ3n) is 2.80. The molecule has 0 atom stereocenters. The molecular formula is C15H13BrFNO2. The summed E-state index contributed by atoms with van der Waals surface area (Å²) < 4.78 is 18.7. The first-order chi connectivity index (χ1) is 9.47. The number of esters is 1. The molecule has 20 heavy (non-hydrogen) atoms. The predicted molar refractivity (Wildman–Crippen MR) is 78.8 cm³/mol. The maximum Gasteiger partial charge on any atom is 0.339 e. The van der Waals surface area contributed by atoms with E-state index in [0.29, 0.717) is 4.47 Å². The molecule has 0 bridgehead atoms. The molecule has 0 radical (unpaired) electrons. The van der Waals surface area contributed by atoms with Crippen LogP contribution in [0.3, 0.4) is 0 Å². The molecule has 2 rings (SSSR count). The second-order valence-electron chi connectivity index (χ2n) is 4.42. The van der Waals surface area contributed by atoms with Crippen molar-refractivity contribution in [3.63, 3.8) is 0 Å². The van der Waals surface area contributed by atoms with E-state index in [9.17, 15) is 9.18 Å². The number of aryl methyl sites for hydroxylation is 1. The minimum Gasteiger partial charge on any atom is -0.457 e. The first kappa shape index (κ1) is 14.5. The Hall–Kier alpha value is -1.88. The van der Waals surface area contributed by atoms with Gasteiger partial charge in [0, 0.05) is 4.47 Å². The summed E-state index contributed by atoms with van der Waals surface area (Å²) in [6.45, 7) is 2.14. The van der Waals surface area contributed by atoms with Crippen LogP contribution in [0.5, 0.6) is 0 Å². The Bertz CT molecular complexity index is 641. The van der Waals surface area contributed by atoms with Gasteiger partial charge in [0.15, 0.2) is 0 Å². The van der Waals surface area contributed by atoms with Gasteiger partial charge in [0.25, 0.3) is 0 Å². The lowest BCUT2D eigenvalue weighted by Gasteiger charge is -2.08. The van der Waals surface area contributed by atoms with Crippen molar-refractivity contribution in [1.82, 2.24) is 0 Å². The van der Waals surface area contributed by atoms with Crippen molar-refractivity contribution in [2.45, 2.75) is 13.5 Å². The Balaban J connectivity index is 2.09. The van der Waals surface area contributed by atoms with Crippen LogP contribution in [0.2, 0.25) is 0 Å². The molecule has 0 saturated carbocycles. The van der Waals surface area contributed by atoms with Crippen molar-refractivity contribution < 1.29 is 13.9 Å². The number of carbonyl (C=O) groups excluding carboxylic acids is 1. The Morgan fingerprint density at radius 1 is 1.30 bits per heavy atom. The number of carbonyl (C=O) groups is 1. The highest BCUT2D eigenvalue weighted by molar-refractivity contribution is 9.10. The fourth-order valence-electron chi connectivity index (χ4n) is 1.63. The predicted octanol–water partition coefficient (Wildman–Crippen LogP) is 3.84. The van der Waals surface area contributed by atoms with Crippen LogP contribution in [0, 0.1) is 12.7 Å². The summed E-state index contributed by atoms with van der Waals surface area (Å²) in [6, 6.07) is 10.1. The standard InChI is InChI=1S/C15H13BrFNO2/c1-9-2-4-10(5-3-9)8-20-15(19)11-6-14(18)13(17)7-12(11)16/h2-7H,8,18H2,1H3. The SMILES string of the molecule is Cc1ccc(COC(=O)c2cc(N)c(F)cc2Br)cc1. The molecule has 0 aliphatic heterocycles. The Morgan fingerprint density at radius 3 is 2.60 bits per heavy atom. The molecular weight excluding hydrogens is 325 g/mol. The number of ether oxygens (including phenoxy) is 1. The van der Waals surface area contributed by atoms with Gasteiger partial charge in [-0.05, 0) is 40.5 Å². The van der Waals surface area contributed by atoms with E-state index in [4.69, 9.17) is 10.5 Å². The molecule has 104 valence electrons. The highest BCUT2D eigenvalue weighted by Gasteiger charge is 2.14. The molecule has 3 nitrogen and oxygen atoms in total. The van der Waals surface area contributed by atoms with Gasteiger partial charge in [-0.1, -0.05) is 29.8 Å². The molecule has 0 unspecified atom stereocenters. The van der Waals surface area contributed by atoms with Crippen molar-refractivity contribution in [1.29, 1.82) is 0 Å². The third-order valence-corrected chi connectivity index (χ3v) is 3.45. The summed E-state index contributed by atoms with van der Waals surface area (Å²) in [4.78, 5) is 11.9. The minimum atomic E-state index is -0.577. The van der Waals surface area contributed by atoms with Gasteiger partial charge >= 0.3 is 5.97 Å². The maximum atomic E-state index is 13.2. The van der Waals surface area contributed by atoms with Crippen molar-refractivity contribution in [2.75, 3.05) is 5.73 Å². The smallest absolute Gasteiger partial charge is 0.339 e. The van der Waals surface area contributed by atoms with Gasteiger partial charge in [-0.15, -0.1) is 0 Å². The van der Waals surface area contributed by atoms with E-state index in [1.165, 1.54) is 6.07 Å². The van der Waals surface area contributed by atoms with Gasteiger partial charge in [0.1, 0.15) is 12.4 Å². The summed E-state index contributed by atoms with van der Waals surface area (Å²) in [5, 5.41) is 0. The number of hydrogen-bond donors (Lipinski definition) is 1. The van der Waals surface area contributed by atoms with Crippen LogP contribution in [0.15, 0.2) is 40.9 Å². The van der Waals surface area contributed by atoms with Gasteiger partial charge in [0.05, 0.1) is 11.3 Å². The van der Waals surface area contributed by atoms with E-state index in [0.717, 1.165) is 17.2 Å². The monoisotopic (exact) mass is 337 g/mol. The first-order valence-electron chi connectivity index (χ1n) is 5.94. The Morgan fingerprint density at radius 2 is 1.95 bits per heavy atom. The molecule has 2 N–H and O–H groups in total. The number of rotatable bonds is 3. The zero-order valence-corrected chi connectivity index (χ0v) is 12.4. The zero-order valence-electron chi connectivity index (χ0n) is 10.8.